The maximum Gasteiger partial charge on any atom is 0.277 e. The standard InChI is InChI=1S/C14H8BrFN2OS/c15-8-5-10(7-1-3-9(16)4-2-7)12-11(6-8)18-14(20-12)13(17)19/h1-6H,(H2,17,19). The molecule has 0 saturated carbocycles. The van der Waals surface area contributed by atoms with Crippen molar-refractivity contribution in [3.63, 3.8) is 0 Å². The lowest BCUT2D eigenvalue weighted by Crippen LogP contribution is -2.09. The zero-order valence-electron chi connectivity index (χ0n) is 10.1. The second-order valence-corrected chi connectivity index (χ2v) is 6.11. The number of primary amides is 1. The zero-order valence-corrected chi connectivity index (χ0v) is 12.5. The Kier molecular flexibility index (Phi) is 3.27. The van der Waals surface area contributed by atoms with Gasteiger partial charge in [-0.05, 0) is 29.8 Å². The Labute approximate surface area is 126 Å². The van der Waals surface area contributed by atoms with Crippen molar-refractivity contribution in [3.05, 3.63) is 51.7 Å². The summed E-state index contributed by atoms with van der Waals surface area (Å²) in [6.45, 7) is 0. The topological polar surface area (TPSA) is 56.0 Å². The quantitative estimate of drug-likeness (QED) is 0.760. The molecule has 0 bridgehead atoms. The van der Waals surface area contributed by atoms with Gasteiger partial charge in [0, 0.05) is 10.0 Å². The molecule has 0 radical (unpaired) electrons. The number of rotatable bonds is 2. The second kappa shape index (κ2) is 4.96. The van der Waals surface area contributed by atoms with Crippen LogP contribution in [0.15, 0.2) is 40.9 Å². The Bertz CT molecular complexity index is 814. The number of halogens is 2. The first-order chi connectivity index (χ1) is 9.54. The average Bonchev–Trinajstić information content (AvgIpc) is 2.82. The third-order valence-electron chi connectivity index (χ3n) is 2.82. The van der Waals surface area contributed by atoms with E-state index in [1.807, 2.05) is 12.1 Å². The maximum absolute atomic E-state index is 13.0. The van der Waals surface area contributed by atoms with Crippen LogP contribution in [-0.2, 0) is 0 Å². The van der Waals surface area contributed by atoms with Crippen LogP contribution in [0.5, 0.6) is 0 Å². The molecule has 0 fully saturated rings. The van der Waals surface area contributed by atoms with E-state index in [-0.39, 0.29) is 10.8 Å². The van der Waals surface area contributed by atoms with E-state index in [2.05, 4.69) is 20.9 Å². The minimum absolute atomic E-state index is 0.265. The first kappa shape index (κ1) is 13.2. The number of hydrogen-bond acceptors (Lipinski definition) is 3. The van der Waals surface area contributed by atoms with E-state index in [9.17, 15) is 9.18 Å². The first-order valence-electron chi connectivity index (χ1n) is 5.70. The van der Waals surface area contributed by atoms with Crippen molar-refractivity contribution in [2.75, 3.05) is 0 Å². The molecule has 2 N–H and O–H groups in total. The van der Waals surface area contributed by atoms with Gasteiger partial charge in [0.2, 0.25) is 0 Å². The van der Waals surface area contributed by atoms with Gasteiger partial charge in [-0.3, -0.25) is 4.79 Å². The Hall–Kier alpha value is -1.79. The van der Waals surface area contributed by atoms with E-state index in [0.29, 0.717) is 5.52 Å². The molecule has 1 heterocycles. The molecule has 3 nitrogen and oxygen atoms in total. The monoisotopic (exact) mass is 350 g/mol. The molecule has 0 aliphatic heterocycles. The van der Waals surface area contributed by atoms with Gasteiger partial charge in [0.25, 0.3) is 5.91 Å². The van der Waals surface area contributed by atoms with E-state index in [1.54, 1.807) is 12.1 Å². The Balaban J connectivity index is 2.28. The van der Waals surface area contributed by atoms with E-state index in [4.69, 9.17) is 5.73 Å². The number of hydrogen-bond donors (Lipinski definition) is 1. The first-order valence-corrected chi connectivity index (χ1v) is 7.31. The van der Waals surface area contributed by atoms with Gasteiger partial charge in [-0.2, -0.15) is 0 Å². The van der Waals surface area contributed by atoms with E-state index in [1.165, 1.54) is 23.5 Å². The highest BCUT2D eigenvalue weighted by atomic mass is 79.9. The van der Waals surface area contributed by atoms with Gasteiger partial charge in [0.1, 0.15) is 5.82 Å². The van der Waals surface area contributed by atoms with Crippen LogP contribution in [0.1, 0.15) is 9.80 Å². The summed E-state index contributed by atoms with van der Waals surface area (Å²) >= 11 is 4.66. The number of aromatic nitrogens is 1. The summed E-state index contributed by atoms with van der Waals surface area (Å²) in [5.41, 5.74) is 7.71. The van der Waals surface area contributed by atoms with Gasteiger partial charge in [0.05, 0.1) is 10.2 Å². The Morgan fingerprint density at radius 2 is 1.95 bits per heavy atom. The molecule has 3 aromatic rings. The maximum atomic E-state index is 13.0. The lowest BCUT2D eigenvalue weighted by atomic mass is 10.1. The van der Waals surface area contributed by atoms with Gasteiger partial charge in [-0.1, -0.05) is 28.1 Å². The Morgan fingerprint density at radius 1 is 1.25 bits per heavy atom. The minimum atomic E-state index is -0.549. The highest BCUT2D eigenvalue weighted by molar-refractivity contribution is 9.10. The molecule has 0 atom stereocenters. The lowest BCUT2D eigenvalue weighted by molar-refractivity contribution is 0.1000. The SMILES string of the molecule is NC(=O)c1nc2cc(Br)cc(-c3ccc(F)cc3)c2s1. The number of fused-ring (bicyclic) bond motifs is 1. The number of thiazole rings is 1. The minimum Gasteiger partial charge on any atom is -0.364 e. The zero-order chi connectivity index (χ0) is 14.3. The third kappa shape index (κ3) is 2.32. The van der Waals surface area contributed by atoms with Crippen molar-refractivity contribution in [1.29, 1.82) is 0 Å². The molecule has 100 valence electrons. The van der Waals surface area contributed by atoms with Crippen LogP contribution in [0.3, 0.4) is 0 Å². The van der Waals surface area contributed by atoms with Crippen molar-refractivity contribution < 1.29 is 9.18 Å². The predicted octanol–water partition coefficient (Wildman–Crippen LogP) is 3.96. The molecule has 0 aliphatic carbocycles. The number of carbonyl (C=O) groups is 1. The van der Waals surface area contributed by atoms with Crippen LogP contribution in [0.2, 0.25) is 0 Å². The van der Waals surface area contributed by atoms with E-state index in [0.717, 1.165) is 20.3 Å². The molecule has 0 saturated heterocycles. The molecule has 20 heavy (non-hydrogen) atoms. The molecule has 1 amide bonds. The highest BCUT2D eigenvalue weighted by Gasteiger charge is 2.14. The fourth-order valence-electron chi connectivity index (χ4n) is 1.95. The van der Waals surface area contributed by atoms with Gasteiger partial charge in [0.15, 0.2) is 5.01 Å². The summed E-state index contributed by atoms with van der Waals surface area (Å²) in [4.78, 5) is 15.5. The highest BCUT2D eigenvalue weighted by Crippen LogP contribution is 2.35. The second-order valence-electron chi connectivity index (χ2n) is 4.19. The number of carbonyl (C=O) groups excluding carboxylic acids is 1. The molecule has 3 rings (SSSR count). The predicted molar refractivity (Wildman–Crippen MR) is 81.2 cm³/mol. The molecule has 1 aromatic heterocycles. The Morgan fingerprint density at radius 3 is 2.60 bits per heavy atom. The third-order valence-corrected chi connectivity index (χ3v) is 4.40. The van der Waals surface area contributed by atoms with Gasteiger partial charge in [-0.15, -0.1) is 11.3 Å². The molecule has 6 heteroatoms. The molecular formula is C14H8BrFN2OS. The fraction of sp³-hybridized carbons (Fsp3) is 0. The van der Waals surface area contributed by atoms with Crippen molar-refractivity contribution in [3.8, 4) is 11.1 Å². The molecule has 0 spiro atoms. The summed E-state index contributed by atoms with van der Waals surface area (Å²) in [6.07, 6.45) is 0. The lowest BCUT2D eigenvalue weighted by Gasteiger charge is -2.04. The molecule has 0 unspecified atom stereocenters. The van der Waals surface area contributed by atoms with Crippen molar-refractivity contribution in [1.82, 2.24) is 4.98 Å². The normalized spacial score (nSPS) is 10.9. The molecule has 2 aromatic carbocycles. The molecular weight excluding hydrogens is 343 g/mol. The van der Waals surface area contributed by atoms with Gasteiger partial charge < -0.3 is 5.73 Å². The van der Waals surface area contributed by atoms with Crippen molar-refractivity contribution >= 4 is 43.4 Å². The molecule has 0 aliphatic rings. The summed E-state index contributed by atoms with van der Waals surface area (Å²) in [6, 6.07) is 9.93. The van der Waals surface area contributed by atoms with Crippen LogP contribution in [0.4, 0.5) is 4.39 Å². The summed E-state index contributed by atoms with van der Waals surface area (Å²) < 4.78 is 14.7. The van der Waals surface area contributed by atoms with Crippen molar-refractivity contribution in [2.45, 2.75) is 0 Å². The van der Waals surface area contributed by atoms with Crippen molar-refractivity contribution in [2.24, 2.45) is 5.73 Å². The summed E-state index contributed by atoms with van der Waals surface area (Å²) in [7, 11) is 0. The largest absolute Gasteiger partial charge is 0.364 e. The summed E-state index contributed by atoms with van der Waals surface area (Å²) in [5, 5.41) is 0.265. The van der Waals surface area contributed by atoms with E-state index < -0.39 is 5.91 Å². The number of nitrogens with two attached hydrogens (primary N) is 1. The van der Waals surface area contributed by atoms with Gasteiger partial charge >= 0.3 is 0 Å². The van der Waals surface area contributed by atoms with E-state index >= 15 is 0 Å². The number of nitrogens with zero attached hydrogens (tertiary/aromatic N) is 1. The smallest absolute Gasteiger partial charge is 0.277 e. The van der Waals surface area contributed by atoms with Gasteiger partial charge in [-0.25, -0.2) is 9.37 Å². The fourth-order valence-corrected chi connectivity index (χ4v) is 3.33. The van der Waals surface area contributed by atoms with Crippen LogP contribution in [0, 0.1) is 5.82 Å². The number of amides is 1. The number of benzene rings is 2. The van der Waals surface area contributed by atoms with Crippen LogP contribution in [0.25, 0.3) is 21.3 Å². The van der Waals surface area contributed by atoms with Crippen LogP contribution in [-0.4, -0.2) is 10.9 Å². The van der Waals surface area contributed by atoms with Crippen LogP contribution < -0.4 is 5.73 Å². The average molecular weight is 351 g/mol. The van der Waals surface area contributed by atoms with Crippen LogP contribution >= 0.6 is 27.3 Å². The summed E-state index contributed by atoms with van der Waals surface area (Å²) in [5.74, 6) is -0.838.